The first-order chi connectivity index (χ1) is 7.90. The number of halogens is 1. The fraction of sp³-hybridized carbons (Fsp3) is 0.462. The van der Waals surface area contributed by atoms with Crippen LogP contribution in [0.3, 0.4) is 0 Å². The summed E-state index contributed by atoms with van der Waals surface area (Å²) in [5.41, 5.74) is 0.00140. The zero-order valence-corrected chi connectivity index (χ0v) is 12.3. The molecule has 0 N–H and O–H groups in total. The zero-order chi connectivity index (χ0) is 13.3. The summed E-state index contributed by atoms with van der Waals surface area (Å²) < 4.78 is 0. The van der Waals surface area contributed by atoms with Crippen molar-refractivity contribution in [2.75, 3.05) is 5.33 Å². The largest absolute Gasteiger partial charge is 0.373 e. The predicted octanol–water partition coefficient (Wildman–Crippen LogP) is 3.97. The number of alkyl halides is 1. The third kappa shape index (κ3) is 8.89. The molecule has 0 heterocycles. The fourth-order valence-corrected chi connectivity index (χ4v) is 0.785. The predicted molar refractivity (Wildman–Crippen MR) is 72.2 cm³/mol. The summed E-state index contributed by atoms with van der Waals surface area (Å²) in [5.74, 6) is -0.472. The van der Waals surface area contributed by atoms with E-state index >= 15 is 0 Å². The lowest BCUT2D eigenvalue weighted by Crippen LogP contribution is -2.21. The van der Waals surface area contributed by atoms with Gasteiger partial charge < -0.3 is 0 Å². The summed E-state index contributed by atoms with van der Waals surface area (Å²) in [4.78, 5) is 20.9. The molecule has 0 aliphatic rings. The van der Waals surface area contributed by atoms with Crippen molar-refractivity contribution in [3.63, 3.8) is 0 Å². The number of hydrogen-bond donors (Lipinski definition) is 0. The molecule has 0 saturated heterocycles. The van der Waals surface area contributed by atoms with Gasteiger partial charge in [-0.05, 0) is 32.9 Å². The molecule has 1 rings (SSSR count). The summed E-state index contributed by atoms with van der Waals surface area (Å²) in [7, 11) is 0. The normalized spacial score (nSPS) is 10.2. The molecule has 0 radical (unpaired) electrons. The second-order valence-electron chi connectivity index (χ2n) is 4.20. The van der Waals surface area contributed by atoms with Gasteiger partial charge in [0.25, 0.3) is 0 Å². The minimum atomic E-state index is -0.482. The monoisotopic (exact) mass is 302 g/mol. The van der Waals surface area contributed by atoms with Gasteiger partial charge in [-0.3, -0.25) is 4.89 Å². The lowest BCUT2D eigenvalue weighted by molar-refractivity contribution is -0.301. The number of carbonyl (C=O) groups is 1. The average Bonchev–Trinajstić information content (AvgIpc) is 2.27. The van der Waals surface area contributed by atoms with Gasteiger partial charge in [-0.15, -0.1) is 0 Å². The molecule has 0 aromatic heterocycles. The summed E-state index contributed by atoms with van der Waals surface area (Å²) >= 11 is 3.15. The second kappa shape index (κ2) is 8.25. The summed E-state index contributed by atoms with van der Waals surface area (Å²) in [6, 6.07) is 8.73. The Morgan fingerprint density at radius 1 is 1.24 bits per heavy atom. The smallest absolute Gasteiger partial charge is 0.292 e. The molecule has 0 amide bonds. The minimum Gasteiger partial charge on any atom is -0.292 e. The van der Waals surface area contributed by atoms with Crippen LogP contribution in [0.5, 0.6) is 0 Å². The third-order valence-corrected chi connectivity index (χ3v) is 1.38. The van der Waals surface area contributed by atoms with Gasteiger partial charge in [0.05, 0.1) is 5.56 Å². The van der Waals surface area contributed by atoms with Gasteiger partial charge in [0.1, 0.15) is 5.60 Å². The van der Waals surface area contributed by atoms with E-state index < -0.39 is 11.6 Å². The molecule has 1 aromatic rings. The van der Waals surface area contributed by atoms with E-state index in [4.69, 9.17) is 4.89 Å². The Hall–Kier alpha value is -0.870. The fourth-order valence-electron chi connectivity index (χ4n) is 0.785. The Morgan fingerprint density at radius 3 is 2.12 bits per heavy atom. The van der Waals surface area contributed by atoms with Crippen LogP contribution in [-0.2, 0) is 9.78 Å². The van der Waals surface area contributed by atoms with Crippen LogP contribution >= 0.6 is 15.9 Å². The molecule has 1 aromatic carbocycles. The van der Waals surface area contributed by atoms with Crippen LogP contribution in [0.1, 0.15) is 38.1 Å². The molecule has 0 aliphatic heterocycles. The Labute approximate surface area is 111 Å². The molecule has 4 heteroatoms. The van der Waals surface area contributed by atoms with Crippen LogP contribution in [0.15, 0.2) is 30.3 Å². The molecule has 0 fully saturated rings. The molecule has 96 valence electrons. The Balaban J connectivity index is 0.000000770. The van der Waals surface area contributed by atoms with Crippen molar-refractivity contribution in [1.29, 1.82) is 0 Å². The maximum Gasteiger partial charge on any atom is 0.373 e. The van der Waals surface area contributed by atoms with Crippen molar-refractivity contribution in [1.82, 2.24) is 0 Å². The van der Waals surface area contributed by atoms with Gasteiger partial charge in [0, 0.05) is 5.33 Å². The lowest BCUT2D eigenvalue weighted by Gasteiger charge is -2.16. The van der Waals surface area contributed by atoms with Gasteiger partial charge in [-0.2, -0.15) is 4.89 Å². The molecule has 0 atom stereocenters. The average molecular weight is 303 g/mol. The van der Waals surface area contributed by atoms with Crippen LogP contribution in [0.2, 0.25) is 0 Å². The SMILES string of the molecule is CC(C)(C)OOC(=O)c1ccccc1.CCBr. The van der Waals surface area contributed by atoms with E-state index in [2.05, 4.69) is 20.8 Å². The zero-order valence-electron chi connectivity index (χ0n) is 10.7. The third-order valence-electron chi connectivity index (χ3n) is 1.38. The van der Waals surface area contributed by atoms with E-state index in [9.17, 15) is 4.79 Å². The quantitative estimate of drug-likeness (QED) is 0.471. The maximum atomic E-state index is 11.3. The van der Waals surface area contributed by atoms with Crippen molar-refractivity contribution in [3.8, 4) is 0 Å². The molecular weight excluding hydrogens is 284 g/mol. The van der Waals surface area contributed by atoms with Gasteiger partial charge in [-0.1, -0.05) is 41.1 Å². The molecule has 3 nitrogen and oxygen atoms in total. The van der Waals surface area contributed by atoms with E-state index in [1.54, 1.807) is 24.3 Å². The van der Waals surface area contributed by atoms with Crippen molar-refractivity contribution in [2.45, 2.75) is 33.3 Å². The highest BCUT2D eigenvalue weighted by Crippen LogP contribution is 2.09. The second-order valence-corrected chi connectivity index (χ2v) is 5.32. The number of hydrogen-bond acceptors (Lipinski definition) is 3. The highest BCUT2D eigenvalue weighted by molar-refractivity contribution is 9.09. The Morgan fingerprint density at radius 2 is 1.71 bits per heavy atom. The molecule has 0 spiro atoms. The molecule has 0 unspecified atom stereocenters. The number of benzene rings is 1. The summed E-state index contributed by atoms with van der Waals surface area (Å²) in [5, 5.41) is 1.06. The van der Waals surface area contributed by atoms with Crippen molar-refractivity contribution in [3.05, 3.63) is 35.9 Å². The number of carbonyl (C=O) groups excluding carboxylic acids is 1. The van der Waals surface area contributed by atoms with E-state index in [1.807, 2.05) is 33.8 Å². The van der Waals surface area contributed by atoms with Crippen LogP contribution in [0, 0.1) is 0 Å². The van der Waals surface area contributed by atoms with Crippen molar-refractivity contribution >= 4 is 21.9 Å². The first-order valence-electron chi connectivity index (χ1n) is 5.41. The van der Waals surface area contributed by atoms with Gasteiger partial charge in [0.2, 0.25) is 0 Å². The van der Waals surface area contributed by atoms with Crippen molar-refractivity contribution < 1.29 is 14.6 Å². The maximum absolute atomic E-state index is 11.3. The van der Waals surface area contributed by atoms with Crippen LogP contribution < -0.4 is 0 Å². The molecular formula is C13H19BrO3. The van der Waals surface area contributed by atoms with Gasteiger partial charge in [0.15, 0.2) is 0 Å². The van der Waals surface area contributed by atoms with Gasteiger partial charge in [-0.25, -0.2) is 4.79 Å². The van der Waals surface area contributed by atoms with E-state index in [-0.39, 0.29) is 0 Å². The molecule has 0 aliphatic carbocycles. The number of rotatable bonds is 2. The van der Waals surface area contributed by atoms with Crippen LogP contribution in [0.25, 0.3) is 0 Å². The minimum absolute atomic E-state index is 0.472. The summed E-state index contributed by atoms with van der Waals surface area (Å²) in [6.07, 6.45) is 0. The topological polar surface area (TPSA) is 35.5 Å². The standard InChI is InChI=1S/C11H14O3.C2H5Br/c1-11(2,3)14-13-10(12)9-7-5-4-6-8-9;1-2-3/h4-8H,1-3H3;2H2,1H3. The molecule has 17 heavy (non-hydrogen) atoms. The van der Waals surface area contributed by atoms with Crippen molar-refractivity contribution in [2.24, 2.45) is 0 Å². The highest BCUT2D eigenvalue weighted by Gasteiger charge is 2.15. The first-order valence-corrected chi connectivity index (χ1v) is 6.54. The van der Waals surface area contributed by atoms with E-state index in [1.165, 1.54) is 0 Å². The van der Waals surface area contributed by atoms with E-state index in [0.717, 1.165) is 5.33 Å². The molecule has 0 bridgehead atoms. The highest BCUT2D eigenvalue weighted by atomic mass is 79.9. The van der Waals surface area contributed by atoms with Crippen LogP contribution in [0.4, 0.5) is 0 Å². The Bertz CT molecular complexity index is 317. The van der Waals surface area contributed by atoms with Gasteiger partial charge >= 0.3 is 5.97 Å². The van der Waals surface area contributed by atoms with Crippen LogP contribution in [-0.4, -0.2) is 16.9 Å². The molecule has 0 saturated carbocycles. The van der Waals surface area contributed by atoms with E-state index in [0.29, 0.717) is 5.56 Å². The Kier molecular flexibility index (Phi) is 7.83. The first kappa shape index (κ1) is 16.1. The lowest BCUT2D eigenvalue weighted by atomic mass is 10.2. The summed E-state index contributed by atoms with van der Waals surface area (Å²) in [6.45, 7) is 7.47.